The van der Waals surface area contributed by atoms with Gasteiger partial charge in [-0.3, -0.25) is 0 Å². The molecule has 0 heterocycles. The molecule has 18 heavy (non-hydrogen) atoms. The van der Waals surface area contributed by atoms with Crippen LogP contribution in [0.4, 0.5) is 8.78 Å². The maximum atomic E-state index is 13.7. The fourth-order valence-electron chi connectivity index (χ4n) is 1.78. The van der Waals surface area contributed by atoms with Crippen molar-refractivity contribution in [3.8, 4) is 0 Å². The summed E-state index contributed by atoms with van der Waals surface area (Å²) in [6, 6.07) is 2.60. The van der Waals surface area contributed by atoms with Gasteiger partial charge in [-0.1, -0.05) is 13.0 Å². The molecule has 102 valence electrons. The van der Waals surface area contributed by atoms with Gasteiger partial charge >= 0.3 is 0 Å². The Bertz CT molecular complexity index is 497. The summed E-state index contributed by atoms with van der Waals surface area (Å²) in [5, 5.41) is 1.91. The van der Waals surface area contributed by atoms with Crippen molar-refractivity contribution >= 4 is 9.84 Å². The van der Waals surface area contributed by atoms with Crippen LogP contribution in [-0.2, 0) is 9.84 Å². The highest BCUT2D eigenvalue weighted by Crippen LogP contribution is 2.26. The van der Waals surface area contributed by atoms with E-state index in [1.807, 2.05) is 0 Å². The monoisotopic (exact) mass is 277 g/mol. The van der Waals surface area contributed by atoms with E-state index in [2.05, 4.69) is 5.32 Å². The van der Waals surface area contributed by atoms with E-state index in [0.29, 0.717) is 6.54 Å². The van der Waals surface area contributed by atoms with Crippen molar-refractivity contribution in [2.75, 3.05) is 12.8 Å². The third kappa shape index (κ3) is 3.26. The predicted molar refractivity (Wildman–Crippen MR) is 67.1 cm³/mol. The lowest BCUT2D eigenvalue weighted by Crippen LogP contribution is -2.36. The van der Waals surface area contributed by atoms with Crippen molar-refractivity contribution in [1.82, 2.24) is 5.32 Å². The molecule has 1 aromatic rings. The van der Waals surface area contributed by atoms with Crippen molar-refractivity contribution in [3.63, 3.8) is 0 Å². The number of benzene rings is 1. The zero-order valence-corrected chi connectivity index (χ0v) is 11.4. The topological polar surface area (TPSA) is 46.2 Å². The number of nitrogens with one attached hydrogen (secondary N) is 1. The normalized spacial score (nSPS) is 15.4. The number of hydrogen-bond acceptors (Lipinski definition) is 3. The molecule has 0 aromatic heterocycles. The number of hydrogen-bond donors (Lipinski definition) is 1. The highest BCUT2D eigenvalue weighted by Gasteiger charge is 2.30. The highest BCUT2D eigenvalue weighted by atomic mass is 32.2. The van der Waals surface area contributed by atoms with Gasteiger partial charge in [0.1, 0.15) is 11.6 Å². The maximum Gasteiger partial charge on any atom is 0.151 e. The van der Waals surface area contributed by atoms with Crippen LogP contribution in [0.5, 0.6) is 0 Å². The van der Waals surface area contributed by atoms with Crippen molar-refractivity contribution < 1.29 is 17.2 Å². The first-order valence-electron chi connectivity index (χ1n) is 5.65. The van der Waals surface area contributed by atoms with Gasteiger partial charge in [0.25, 0.3) is 0 Å². The Balaban J connectivity index is 3.29. The van der Waals surface area contributed by atoms with Gasteiger partial charge < -0.3 is 5.32 Å². The SMILES string of the molecule is CCNC(c1c(F)cccc1F)C(C)S(C)(=O)=O. The van der Waals surface area contributed by atoms with E-state index in [1.165, 1.54) is 13.0 Å². The summed E-state index contributed by atoms with van der Waals surface area (Å²) in [5.41, 5.74) is -0.225. The van der Waals surface area contributed by atoms with Gasteiger partial charge in [-0.25, -0.2) is 17.2 Å². The number of rotatable bonds is 5. The predicted octanol–water partition coefficient (Wildman–Crippen LogP) is 2.05. The first kappa shape index (κ1) is 15.0. The van der Waals surface area contributed by atoms with Gasteiger partial charge in [0, 0.05) is 11.8 Å². The van der Waals surface area contributed by atoms with Crippen LogP contribution in [0.15, 0.2) is 18.2 Å². The quantitative estimate of drug-likeness (QED) is 0.896. The molecule has 2 atom stereocenters. The second-order valence-corrected chi connectivity index (χ2v) is 6.61. The molecule has 0 aliphatic heterocycles. The molecule has 0 radical (unpaired) electrons. The first-order chi connectivity index (χ1) is 8.29. The van der Waals surface area contributed by atoms with Crippen molar-refractivity contribution in [2.45, 2.75) is 25.1 Å². The summed E-state index contributed by atoms with van der Waals surface area (Å²) in [4.78, 5) is 0. The molecule has 6 heteroatoms. The summed E-state index contributed by atoms with van der Waals surface area (Å²) in [6.45, 7) is 3.60. The van der Waals surface area contributed by atoms with E-state index < -0.39 is 32.8 Å². The summed E-state index contributed by atoms with van der Waals surface area (Å²) in [6.07, 6.45) is 1.06. The molecule has 3 nitrogen and oxygen atoms in total. The van der Waals surface area contributed by atoms with Gasteiger partial charge in [0.05, 0.1) is 11.3 Å². The molecule has 0 fully saturated rings. The van der Waals surface area contributed by atoms with Crippen LogP contribution in [-0.4, -0.2) is 26.5 Å². The standard InChI is InChI=1S/C12H17F2NO2S/c1-4-15-12(8(2)18(3,16)17)11-9(13)6-5-7-10(11)14/h5-8,12,15H,4H2,1-3H3. The van der Waals surface area contributed by atoms with Gasteiger partial charge in [0.15, 0.2) is 9.84 Å². The lowest BCUT2D eigenvalue weighted by Gasteiger charge is -2.24. The molecular weight excluding hydrogens is 260 g/mol. The molecule has 1 aromatic carbocycles. The molecule has 2 unspecified atom stereocenters. The van der Waals surface area contributed by atoms with Crippen LogP contribution in [0.1, 0.15) is 25.5 Å². The van der Waals surface area contributed by atoms with Crippen LogP contribution in [0.3, 0.4) is 0 Å². The highest BCUT2D eigenvalue weighted by molar-refractivity contribution is 7.91. The van der Waals surface area contributed by atoms with Crippen molar-refractivity contribution in [3.05, 3.63) is 35.4 Å². The van der Waals surface area contributed by atoms with Gasteiger partial charge in [-0.05, 0) is 25.6 Å². The van der Waals surface area contributed by atoms with Crippen molar-refractivity contribution in [1.29, 1.82) is 0 Å². The summed E-state index contributed by atoms with van der Waals surface area (Å²) >= 11 is 0. The Kier molecular flexibility index (Phi) is 4.81. The Hall–Kier alpha value is -1.01. The maximum absolute atomic E-state index is 13.7. The molecule has 0 aliphatic carbocycles. The Labute approximate surface area is 106 Å². The molecule has 0 bridgehead atoms. The van der Waals surface area contributed by atoms with E-state index in [-0.39, 0.29) is 5.56 Å². The zero-order chi connectivity index (χ0) is 13.9. The summed E-state index contributed by atoms with van der Waals surface area (Å²) < 4.78 is 50.5. The minimum Gasteiger partial charge on any atom is -0.309 e. The van der Waals surface area contributed by atoms with Gasteiger partial charge in [-0.15, -0.1) is 0 Å². The van der Waals surface area contributed by atoms with E-state index in [0.717, 1.165) is 18.4 Å². The summed E-state index contributed by atoms with van der Waals surface area (Å²) in [7, 11) is -3.40. The van der Waals surface area contributed by atoms with E-state index >= 15 is 0 Å². The van der Waals surface area contributed by atoms with Crippen LogP contribution in [0.25, 0.3) is 0 Å². The fraction of sp³-hybridized carbons (Fsp3) is 0.500. The van der Waals surface area contributed by atoms with Crippen LogP contribution >= 0.6 is 0 Å². The molecule has 1 rings (SSSR count). The molecule has 1 N–H and O–H groups in total. The fourth-order valence-corrected chi connectivity index (χ4v) is 2.50. The van der Waals surface area contributed by atoms with Gasteiger partial charge in [-0.2, -0.15) is 0 Å². The van der Waals surface area contributed by atoms with Crippen molar-refractivity contribution in [2.24, 2.45) is 0 Å². The molecule has 0 aliphatic rings. The lowest BCUT2D eigenvalue weighted by atomic mass is 10.0. The third-order valence-corrected chi connectivity index (χ3v) is 4.50. The van der Waals surface area contributed by atoms with E-state index in [1.54, 1.807) is 6.92 Å². The van der Waals surface area contributed by atoms with E-state index in [4.69, 9.17) is 0 Å². The second-order valence-electron chi connectivity index (χ2n) is 4.21. The van der Waals surface area contributed by atoms with Crippen LogP contribution in [0, 0.1) is 11.6 Å². The smallest absolute Gasteiger partial charge is 0.151 e. The zero-order valence-electron chi connectivity index (χ0n) is 10.6. The number of halogens is 2. The second kappa shape index (κ2) is 5.75. The Morgan fingerprint density at radius 1 is 1.28 bits per heavy atom. The molecule has 0 saturated heterocycles. The van der Waals surface area contributed by atoms with Crippen LogP contribution < -0.4 is 5.32 Å². The summed E-state index contributed by atoms with van der Waals surface area (Å²) in [5.74, 6) is -1.48. The molecule has 0 spiro atoms. The number of sulfone groups is 1. The molecular formula is C12H17F2NO2S. The first-order valence-corrected chi connectivity index (χ1v) is 7.60. The average molecular weight is 277 g/mol. The minimum absolute atomic E-state index is 0.225. The Morgan fingerprint density at radius 2 is 1.78 bits per heavy atom. The largest absolute Gasteiger partial charge is 0.309 e. The van der Waals surface area contributed by atoms with E-state index in [9.17, 15) is 17.2 Å². The third-order valence-electron chi connectivity index (χ3n) is 2.88. The minimum atomic E-state index is -3.40. The molecule has 0 amide bonds. The van der Waals surface area contributed by atoms with Gasteiger partial charge in [0.2, 0.25) is 0 Å². The molecule has 0 saturated carbocycles. The Morgan fingerprint density at radius 3 is 2.17 bits per heavy atom. The van der Waals surface area contributed by atoms with Crippen LogP contribution in [0.2, 0.25) is 0 Å². The average Bonchev–Trinajstić information content (AvgIpc) is 2.25. The lowest BCUT2D eigenvalue weighted by molar-refractivity contribution is 0.460.